The van der Waals surface area contributed by atoms with Crippen LogP contribution in [0.2, 0.25) is 0 Å². The molecule has 0 saturated carbocycles. The van der Waals surface area contributed by atoms with Gasteiger partial charge in [-0.2, -0.15) is 0 Å². The Balaban J connectivity index is 2.64. The predicted molar refractivity (Wildman–Crippen MR) is 84.3 cm³/mol. The van der Waals surface area contributed by atoms with Crippen LogP contribution in [0.1, 0.15) is 31.7 Å². The third-order valence-electron chi connectivity index (χ3n) is 2.60. The molecule has 0 aliphatic heterocycles. The lowest BCUT2D eigenvalue weighted by atomic mass is 10.2. The molecule has 0 unspecified atom stereocenters. The molecule has 4 heteroatoms. The molecule has 0 aliphatic rings. The summed E-state index contributed by atoms with van der Waals surface area (Å²) in [6, 6.07) is 5.90. The van der Waals surface area contributed by atoms with Crippen molar-refractivity contribution in [1.82, 2.24) is 0 Å². The molecule has 0 aliphatic carbocycles. The standard InChI is InChI=1S/C15H22BrNO2/c1-3-4-10-19-14-7-6-13(11-15(14)18-2)12-17-9-5-8-16/h6-7,11-12H,3-5,8-10H2,1-2H3/b17-12+. The topological polar surface area (TPSA) is 30.8 Å². The number of nitrogens with zero attached hydrogens (tertiary/aromatic N) is 1. The maximum atomic E-state index is 5.69. The summed E-state index contributed by atoms with van der Waals surface area (Å²) in [4.78, 5) is 4.36. The number of benzene rings is 1. The lowest BCUT2D eigenvalue weighted by Gasteiger charge is -2.10. The van der Waals surface area contributed by atoms with Gasteiger partial charge in [-0.1, -0.05) is 29.3 Å². The molecule has 0 bridgehead atoms. The maximum Gasteiger partial charge on any atom is 0.161 e. The van der Waals surface area contributed by atoms with E-state index in [4.69, 9.17) is 9.47 Å². The van der Waals surface area contributed by atoms with Crippen molar-refractivity contribution in [2.75, 3.05) is 25.6 Å². The second-order valence-corrected chi connectivity index (χ2v) is 4.98. The molecule has 1 aromatic carbocycles. The van der Waals surface area contributed by atoms with E-state index in [1.165, 1.54) is 0 Å². The molecule has 0 aromatic heterocycles. The van der Waals surface area contributed by atoms with Gasteiger partial charge in [0.2, 0.25) is 0 Å². The number of rotatable bonds is 9. The van der Waals surface area contributed by atoms with Crippen LogP contribution in [-0.4, -0.2) is 31.8 Å². The molecule has 0 radical (unpaired) electrons. The Labute approximate surface area is 124 Å². The zero-order valence-corrected chi connectivity index (χ0v) is 13.3. The summed E-state index contributed by atoms with van der Waals surface area (Å²) in [7, 11) is 1.66. The molecule has 1 aromatic rings. The molecule has 106 valence electrons. The van der Waals surface area contributed by atoms with Gasteiger partial charge in [0.1, 0.15) is 0 Å². The lowest BCUT2D eigenvalue weighted by Crippen LogP contribution is -1.99. The van der Waals surface area contributed by atoms with E-state index >= 15 is 0 Å². The minimum atomic E-state index is 0.728. The average molecular weight is 328 g/mol. The molecule has 0 heterocycles. The fourth-order valence-electron chi connectivity index (χ4n) is 1.53. The van der Waals surface area contributed by atoms with Gasteiger partial charge in [-0.25, -0.2) is 0 Å². The van der Waals surface area contributed by atoms with Gasteiger partial charge in [-0.05, 0) is 36.6 Å². The van der Waals surface area contributed by atoms with Crippen LogP contribution in [0.4, 0.5) is 0 Å². The van der Waals surface area contributed by atoms with E-state index in [-0.39, 0.29) is 0 Å². The van der Waals surface area contributed by atoms with Gasteiger partial charge in [0, 0.05) is 18.1 Å². The Bertz CT molecular complexity index is 394. The monoisotopic (exact) mass is 327 g/mol. The van der Waals surface area contributed by atoms with Crippen LogP contribution >= 0.6 is 15.9 Å². The molecular formula is C15H22BrNO2. The smallest absolute Gasteiger partial charge is 0.161 e. The lowest BCUT2D eigenvalue weighted by molar-refractivity contribution is 0.288. The van der Waals surface area contributed by atoms with Crippen LogP contribution in [0, 0.1) is 0 Å². The van der Waals surface area contributed by atoms with Crippen molar-refractivity contribution in [3.05, 3.63) is 23.8 Å². The van der Waals surface area contributed by atoms with Crippen LogP contribution < -0.4 is 9.47 Å². The Hall–Kier alpha value is -1.03. The first-order valence-electron chi connectivity index (χ1n) is 6.68. The molecule has 0 saturated heterocycles. The number of halogens is 1. The van der Waals surface area contributed by atoms with Crippen LogP contribution in [-0.2, 0) is 0 Å². The van der Waals surface area contributed by atoms with Crippen molar-refractivity contribution in [2.45, 2.75) is 26.2 Å². The molecule has 19 heavy (non-hydrogen) atoms. The molecule has 0 spiro atoms. The van der Waals surface area contributed by atoms with E-state index in [1.807, 2.05) is 24.4 Å². The Morgan fingerprint density at radius 3 is 2.79 bits per heavy atom. The average Bonchev–Trinajstić information content (AvgIpc) is 2.45. The van der Waals surface area contributed by atoms with Gasteiger partial charge < -0.3 is 9.47 Å². The van der Waals surface area contributed by atoms with Crippen molar-refractivity contribution in [3.63, 3.8) is 0 Å². The minimum absolute atomic E-state index is 0.728. The molecule has 0 amide bonds. The fourth-order valence-corrected chi connectivity index (χ4v) is 1.78. The first-order valence-corrected chi connectivity index (χ1v) is 7.80. The molecule has 1 rings (SSSR count). The highest BCUT2D eigenvalue weighted by molar-refractivity contribution is 9.09. The highest BCUT2D eigenvalue weighted by Crippen LogP contribution is 2.27. The second kappa shape index (κ2) is 9.84. The number of hydrogen-bond acceptors (Lipinski definition) is 3. The van der Waals surface area contributed by atoms with Crippen LogP contribution in [0.25, 0.3) is 0 Å². The molecule has 0 fully saturated rings. The van der Waals surface area contributed by atoms with Gasteiger partial charge in [0.15, 0.2) is 11.5 Å². The van der Waals surface area contributed by atoms with Crippen LogP contribution in [0.5, 0.6) is 11.5 Å². The number of hydrogen-bond donors (Lipinski definition) is 0. The summed E-state index contributed by atoms with van der Waals surface area (Å²) in [6.07, 6.45) is 5.10. The summed E-state index contributed by atoms with van der Waals surface area (Å²) in [6.45, 7) is 3.71. The van der Waals surface area contributed by atoms with Gasteiger partial charge >= 0.3 is 0 Å². The number of methoxy groups -OCH3 is 1. The highest BCUT2D eigenvalue weighted by atomic mass is 79.9. The zero-order chi connectivity index (χ0) is 13.9. The van der Waals surface area contributed by atoms with E-state index in [9.17, 15) is 0 Å². The third-order valence-corrected chi connectivity index (χ3v) is 3.17. The Kier molecular flexibility index (Phi) is 8.30. The summed E-state index contributed by atoms with van der Waals surface area (Å²) in [5.41, 5.74) is 1.04. The minimum Gasteiger partial charge on any atom is -0.493 e. The van der Waals surface area contributed by atoms with Crippen LogP contribution in [0.3, 0.4) is 0 Å². The van der Waals surface area contributed by atoms with E-state index in [0.29, 0.717) is 0 Å². The molecule has 0 atom stereocenters. The Morgan fingerprint density at radius 1 is 1.26 bits per heavy atom. The van der Waals surface area contributed by atoms with Crippen LogP contribution in [0.15, 0.2) is 23.2 Å². The van der Waals surface area contributed by atoms with Crippen molar-refractivity contribution in [1.29, 1.82) is 0 Å². The number of alkyl halides is 1. The zero-order valence-electron chi connectivity index (χ0n) is 11.7. The van der Waals surface area contributed by atoms with Gasteiger partial charge in [0.25, 0.3) is 0 Å². The number of unbranched alkanes of at least 4 members (excludes halogenated alkanes) is 1. The SMILES string of the molecule is CCCCOc1ccc(/C=N/CCCBr)cc1OC. The summed E-state index contributed by atoms with van der Waals surface area (Å²) in [5.74, 6) is 1.56. The summed E-state index contributed by atoms with van der Waals surface area (Å²) >= 11 is 3.39. The van der Waals surface area contributed by atoms with Gasteiger partial charge in [-0.3, -0.25) is 4.99 Å². The van der Waals surface area contributed by atoms with Gasteiger partial charge in [-0.15, -0.1) is 0 Å². The quantitative estimate of drug-likeness (QED) is 0.388. The third kappa shape index (κ3) is 6.10. The van der Waals surface area contributed by atoms with Gasteiger partial charge in [0.05, 0.1) is 13.7 Å². The summed E-state index contributed by atoms with van der Waals surface area (Å²) < 4.78 is 11.0. The highest BCUT2D eigenvalue weighted by Gasteiger charge is 2.04. The van der Waals surface area contributed by atoms with E-state index < -0.39 is 0 Å². The van der Waals surface area contributed by atoms with E-state index in [1.54, 1.807) is 7.11 Å². The van der Waals surface area contributed by atoms with Crippen molar-refractivity contribution in [2.24, 2.45) is 4.99 Å². The largest absolute Gasteiger partial charge is 0.493 e. The predicted octanol–water partition coefficient (Wildman–Crippen LogP) is 4.08. The molecule has 0 N–H and O–H groups in total. The number of ether oxygens (including phenoxy) is 2. The second-order valence-electron chi connectivity index (χ2n) is 4.19. The van der Waals surface area contributed by atoms with E-state index in [0.717, 1.165) is 54.8 Å². The molecule has 3 nitrogen and oxygen atoms in total. The number of aliphatic imine (C=N–C) groups is 1. The maximum absolute atomic E-state index is 5.69. The summed E-state index contributed by atoms with van der Waals surface area (Å²) in [5, 5.41) is 0.984. The Morgan fingerprint density at radius 2 is 2.11 bits per heavy atom. The molecular weight excluding hydrogens is 306 g/mol. The van der Waals surface area contributed by atoms with E-state index in [2.05, 4.69) is 27.8 Å². The van der Waals surface area contributed by atoms with Crippen molar-refractivity contribution >= 4 is 22.1 Å². The normalized spacial score (nSPS) is 10.9. The first kappa shape index (κ1) is 16.0. The first-order chi connectivity index (χ1) is 9.31. The fraction of sp³-hybridized carbons (Fsp3) is 0.533. The van der Waals surface area contributed by atoms with Crippen molar-refractivity contribution < 1.29 is 9.47 Å². The van der Waals surface area contributed by atoms with Crippen molar-refractivity contribution in [3.8, 4) is 11.5 Å².